The maximum Gasteiger partial charge on any atom is 0.253 e. The summed E-state index contributed by atoms with van der Waals surface area (Å²) in [4.78, 5) is 31.0. The van der Waals surface area contributed by atoms with Gasteiger partial charge in [0.25, 0.3) is 5.91 Å². The summed E-state index contributed by atoms with van der Waals surface area (Å²) in [6.45, 7) is 4.72. The Morgan fingerprint density at radius 2 is 2.00 bits per heavy atom. The molecule has 2 aliphatic rings. The summed E-state index contributed by atoms with van der Waals surface area (Å²) in [6.07, 6.45) is 0.852. The molecular formula is C18H24ClN3O3. The third kappa shape index (κ3) is 4.14. The minimum Gasteiger partial charge on any atom is -0.383 e. The van der Waals surface area contributed by atoms with Crippen molar-refractivity contribution in [1.29, 1.82) is 0 Å². The van der Waals surface area contributed by atoms with E-state index in [2.05, 4.69) is 4.90 Å². The molecule has 0 aromatic heterocycles. The maximum atomic E-state index is 12.6. The number of likely N-dealkylation sites (tertiary alicyclic amines) is 1. The zero-order chi connectivity index (χ0) is 17.8. The number of hydrogen-bond acceptors (Lipinski definition) is 4. The van der Waals surface area contributed by atoms with Gasteiger partial charge in [-0.2, -0.15) is 0 Å². The summed E-state index contributed by atoms with van der Waals surface area (Å²) >= 11 is 5.97. The number of ether oxygens (including phenoxy) is 1. The highest BCUT2D eigenvalue weighted by Crippen LogP contribution is 2.20. The van der Waals surface area contributed by atoms with Crippen LogP contribution in [0.3, 0.4) is 0 Å². The van der Waals surface area contributed by atoms with E-state index in [0.29, 0.717) is 36.8 Å². The number of nitrogens with zero attached hydrogens (tertiary/aromatic N) is 3. The fourth-order valence-corrected chi connectivity index (χ4v) is 3.72. The van der Waals surface area contributed by atoms with Crippen molar-refractivity contribution in [3.63, 3.8) is 0 Å². The molecule has 3 rings (SSSR count). The molecule has 25 heavy (non-hydrogen) atoms. The van der Waals surface area contributed by atoms with Gasteiger partial charge >= 0.3 is 0 Å². The van der Waals surface area contributed by atoms with Crippen LogP contribution in [0.4, 0.5) is 0 Å². The first-order valence-electron chi connectivity index (χ1n) is 8.67. The first-order valence-corrected chi connectivity index (χ1v) is 9.04. The number of halogens is 1. The van der Waals surface area contributed by atoms with Crippen molar-refractivity contribution in [2.75, 3.05) is 53.0 Å². The van der Waals surface area contributed by atoms with Crippen LogP contribution < -0.4 is 0 Å². The van der Waals surface area contributed by atoms with E-state index in [1.807, 2.05) is 9.80 Å². The highest BCUT2D eigenvalue weighted by Gasteiger charge is 2.37. The highest BCUT2D eigenvalue weighted by molar-refractivity contribution is 6.30. The van der Waals surface area contributed by atoms with E-state index in [1.54, 1.807) is 31.4 Å². The van der Waals surface area contributed by atoms with Gasteiger partial charge in [-0.25, -0.2) is 0 Å². The molecule has 2 saturated heterocycles. The van der Waals surface area contributed by atoms with Crippen LogP contribution in [-0.4, -0.2) is 85.5 Å². The molecular weight excluding hydrogens is 342 g/mol. The largest absolute Gasteiger partial charge is 0.383 e. The second-order valence-electron chi connectivity index (χ2n) is 6.46. The number of rotatable bonds is 5. The van der Waals surface area contributed by atoms with Crippen LogP contribution in [0.25, 0.3) is 0 Å². The van der Waals surface area contributed by atoms with E-state index in [0.717, 1.165) is 26.1 Å². The standard InChI is InChI=1S/C18H24ClN3O3/c1-25-12-11-21-6-5-16(18(21)24)20-7-9-22(10-8-20)17(23)14-3-2-4-15(19)13-14/h2-4,13,16H,5-12H2,1H3. The van der Waals surface area contributed by atoms with Crippen LogP contribution in [0.15, 0.2) is 24.3 Å². The van der Waals surface area contributed by atoms with Gasteiger partial charge in [0.05, 0.1) is 12.6 Å². The molecule has 2 fully saturated rings. The Morgan fingerprint density at radius 3 is 2.68 bits per heavy atom. The van der Waals surface area contributed by atoms with E-state index >= 15 is 0 Å². The molecule has 0 saturated carbocycles. The predicted molar refractivity (Wildman–Crippen MR) is 95.8 cm³/mol. The van der Waals surface area contributed by atoms with Gasteiger partial charge in [0, 0.05) is 57.0 Å². The Kier molecular flexibility index (Phi) is 5.93. The molecule has 2 aliphatic heterocycles. The third-order valence-corrected chi connectivity index (χ3v) is 5.18. The molecule has 2 amide bonds. The van der Waals surface area contributed by atoms with Crippen LogP contribution in [0.2, 0.25) is 5.02 Å². The van der Waals surface area contributed by atoms with Crippen molar-refractivity contribution < 1.29 is 14.3 Å². The number of benzene rings is 1. The molecule has 0 bridgehead atoms. The topological polar surface area (TPSA) is 53.1 Å². The third-order valence-electron chi connectivity index (χ3n) is 4.95. The molecule has 7 heteroatoms. The number of piperazine rings is 1. The Morgan fingerprint density at radius 1 is 1.24 bits per heavy atom. The minimum absolute atomic E-state index is 0.00150. The van der Waals surface area contributed by atoms with Crippen LogP contribution in [-0.2, 0) is 9.53 Å². The van der Waals surface area contributed by atoms with Crippen molar-refractivity contribution in [3.05, 3.63) is 34.9 Å². The fraction of sp³-hybridized carbons (Fsp3) is 0.556. The van der Waals surface area contributed by atoms with Crippen molar-refractivity contribution in [2.45, 2.75) is 12.5 Å². The maximum absolute atomic E-state index is 12.6. The van der Waals surface area contributed by atoms with Gasteiger partial charge in [0.1, 0.15) is 0 Å². The molecule has 1 aromatic rings. The monoisotopic (exact) mass is 365 g/mol. The molecule has 136 valence electrons. The number of methoxy groups -OCH3 is 1. The molecule has 1 aromatic carbocycles. The van der Waals surface area contributed by atoms with Gasteiger partial charge in [-0.1, -0.05) is 17.7 Å². The SMILES string of the molecule is COCCN1CCC(N2CCN(C(=O)c3cccc(Cl)c3)CC2)C1=O. The zero-order valence-electron chi connectivity index (χ0n) is 14.5. The summed E-state index contributed by atoms with van der Waals surface area (Å²) < 4.78 is 5.06. The Labute approximate surface area is 153 Å². The average Bonchev–Trinajstić information content (AvgIpc) is 3.00. The van der Waals surface area contributed by atoms with Gasteiger partial charge < -0.3 is 14.5 Å². The van der Waals surface area contributed by atoms with Gasteiger partial charge in [-0.3, -0.25) is 14.5 Å². The van der Waals surface area contributed by atoms with Gasteiger partial charge in [-0.15, -0.1) is 0 Å². The lowest BCUT2D eigenvalue weighted by Gasteiger charge is -2.37. The summed E-state index contributed by atoms with van der Waals surface area (Å²) in [5.74, 6) is 0.188. The molecule has 0 radical (unpaired) electrons. The van der Waals surface area contributed by atoms with E-state index < -0.39 is 0 Å². The highest BCUT2D eigenvalue weighted by atomic mass is 35.5. The summed E-state index contributed by atoms with van der Waals surface area (Å²) in [5, 5.41) is 0.567. The number of carbonyl (C=O) groups is 2. The van der Waals surface area contributed by atoms with E-state index in [9.17, 15) is 9.59 Å². The first kappa shape index (κ1) is 18.2. The average molecular weight is 366 g/mol. The second kappa shape index (κ2) is 8.17. The van der Waals surface area contributed by atoms with E-state index in [4.69, 9.17) is 16.3 Å². The molecule has 0 aliphatic carbocycles. The van der Waals surface area contributed by atoms with E-state index in [1.165, 1.54) is 0 Å². The zero-order valence-corrected chi connectivity index (χ0v) is 15.2. The lowest BCUT2D eigenvalue weighted by molar-refractivity contribution is -0.133. The lowest BCUT2D eigenvalue weighted by Crippen LogP contribution is -2.53. The first-order chi connectivity index (χ1) is 12.1. The Balaban J connectivity index is 1.54. The van der Waals surface area contributed by atoms with Crippen LogP contribution in [0.1, 0.15) is 16.8 Å². The van der Waals surface area contributed by atoms with Crippen LogP contribution in [0.5, 0.6) is 0 Å². The molecule has 1 unspecified atom stereocenters. The lowest BCUT2D eigenvalue weighted by atomic mass is 10.1. The number of amides is 2. The predicted octanol–water partition coefficient (Wildman–Crippen LogP) is 1.35. The molecule has 1 atom stereocenters. The second-order valence-corrected chi connectivity index (χ2v) is 6.90. The van der Waals surface area contributed by atoms with Gasteiger partial charge in [0.2, 0.25) is 5.91 Å². The summed E-state index contributed by atoms with van der Waals surface area (Å²) in [6, 6.07) is 6.98. The van der Waals surface area contributed by atoms with Crippen LogP contribution in [0, 0.1) is 0 Å². The number of carbonyl (C=O) groups excluding carboxylic acids is 2. The molecule has 6 nitrogen and oxygen atoms in total. The quantitative estimate of drug-likeness (QED) is 0.790. The Bertz CT molecular complexity index is 632. The van der Waals surface area contributed by atoms with Gasteiger partial charge in [0.15, 0.2) is 0 Å². The van der Waals surface area contributed by atoms with Crippen molar-refractivity contribution in [3.8, 4) is 0 Å². The van der Waals surface area contributed by atoms with Crippen molar-refractivity contribution in [1.82, 2.24) is 14.7 Å². The van der Waals surface area contributed by atoms with Crippen LogP contribution >= 0.6 is 11.6 Å². The van der Waals surface area contributed by atoms with Gasteiger partial charge in [-0.05, 0) is 24.6 Å². The summed E-state index contributed by atoms with van der Waals surface area (Å²) in [5.41, 5.74) is 0.614. The molecule has 2 heterocycles. The fourth-order valence-electron chi connectivity index (χ4n) is 3.53. The molecule has 0 N–H and O–H groups in total. The number of hydrogen-bond donors (Lipinski definition) is 0. The van der Waals surface area contributed by atoms with E-state index in [-0.39, 0.29) is 17.9 Å². The van der Waals surface area contributed by atoms with Crippen molar-refractivity contribution >= 4 is 23.4 Å². The smallest absolute Gasteiger partial charge is 0.253 e. The normalized spacial score (nSPS) is 21.8. The summed E-state index contributed by atoms with van der Waals surface area (Å²) in [7, 11) is 1.65. The molecule has 0 spiro atoms. The van der Waals surface area contributed by atoms with Crippen molar-refractivity contribution in [2.24, 2.45) is 0 Å². The Hall–Kier alpha value is -1.63. The minimum atomic E-state index is -0.0553.